The molecule has 4 heteroatoms. The van der Waals surface area contributed by atoms with Crippen molar-refractivity contribution in [2.45, 2.75) is 19.3 Å². The van der Waals surface area contributed by atoms with E-state index in [4.69, 9.17) is 5.26 Å². The van der Waals surface area contributed by atoms with Gasteiger partial charge >= 0.3 is 0 Å². The third-order valence-corrected chi connectivity index (χ3v) is 3.15. The molecule has 1 aromatic carbocycles. The monoisotopic (exact) mass is 255 g/mol. The number of nitrogens with one attached hydrogen (secondary N) is 1. The summed E-state index contributed by atoms with van der Waals surface area (Å²) < 4.78 is 0. The lowest BCUT2D eigenvalue weighted by Crippen LogP contribution is -2.36. The predicted molar refractivity (Wildman–Crippen MR) is 74.2 cm³/mol. The first-order chi connectivity index (χ1) is 9.31. The number of para-hydroxylation sites is 1. The lowest BCUT2D eigenvalue weighted by Gasteiger charge is -2.26. The van der Waals surface area contributed by atoms with E-state index in [1.807, 2.05) is 36.4 Å². The topological polar surface area (TPSA) is 56.1 Å². The number of likely N-dealkylation sites (tertiary alicyclic amines) is 1. The van der Waals surface area contributed by atoms with E-state index in [9.17, 15) is 4.79 Å². The summed E-state index contributed by atoms with van der Waals surface area (Å²) >= 11 is 0. The fourth-order valence-corrected chi connectivity index (χ4v) is 2.10. The molecule has 1 saturated heterocycles. The van der Waals surface area contributed by atoms with Crippen LogP contribution < -0.4 is 5.32 Å². The molecule has 1 aliphatic heterocycles. The molecule has 0 aliphatic carbocycles. The van der Waals surface area contributed by atoms with Crippen LogP contribution in [0.2, 0.25) is 0 Å². The van der Waals surface area contributed by atoms with Crippen LogP contribution in [0.3, 0.4) is 0 Å². The first-order valence-corrected chi connectivity index (χ1v) is 6.52. The molecule has 0 aromatic heterocycles. The van der Waals surface area contributed by atoms with Gasteiger partial charge in [0.2, 0.25) is 0 Å². The zero-order chi connectivity index (χ0) is 13.5. The maximum atomic E-state index is 12.1. The van der Waals surface area contributed by atoms with Crippen LogP contribution in [0.1, 0.15) is 19.3 Å². The minimum atomic E-state index is -0.175. The molecule has 1 aromatic rings. The number of nitrogens with zero attached hydrogens (tertiary/aromatic N) is 2. The van der Waals surface area contributed by atoms with E-state index in [0.717, 1.165) is 38.0 Å². The average Bonchev–Trinajstić information content (AvgIpc) is 2.49. The van der Waals surface area contributed by atoms with Crippen LogP contribution in [0.15, 0.2) is 42.1 Å². The molecule has 0 radical (unpaired) electrons. The molecule has 1 heterocycles. The number of nitriles is 1. The van der Waals surface area contributed by atoms with Crippen LogP contribution in [0.25, 0.3) is 0 Å². The van der Waals surface area contributed by atoms with Crippen LogP contribution in [0, 0.1) is 11.3 Å². The Hall–Kier alpha value is -2.28. The summed E-state index contributed by atoms with van der Waals surface area (Å²) in [6.45, 7) is 1.51. The number of benzene rings is 1. The Morgan fingerprint density at radius 2 is 1.89 bits per heavy atom. The van der Waals surface area contributed by atoms with Gasteiger partial charge in [-0.15, -0.1) is 0 Å². The maximum Gasteiger partial charge on any atom is 0.266 e. The second-order valence-corrected chi connectivity index (χ2v) is 4.53. The number of rotatable bonds is 3. The van der Waals surface area contributed by atoms with Crippen molar-refractivity contribution in [3.8, 4) is 6.07 Å². The van der Waals surface area contributed by atoms with Gasteiger partial charge in [-0.2, -0.15) is 5.26 Å². The molecular weight excluding hydrogens is 238 g/mol. The van der Waals surface area contributed by atoms with Crippen molar-refractivity contribution in [2.75, 3.05) is 18.4 Å². The Kier molecular flexibility index (Phi) is 4.57. The summed E-state index contributed by atoms with van der Waals surface area (Å²) in [7, 11) is 0. The van der Waals surface area contributed by atoms with Crippen molar-refractivity contribution < 1.29 is 4.79 Å². The lowest BCUT2D eigenvalue weighted by molar-refractivity contribution is -0.127. The average molecular weight is 255 g/mol. The molecule has 0 unspecified atom stereocenters. The van der Waals surface area contributed by atoms with Crippen molar-refractivity contribution in [1.82, 2.24) is 4.90 Å². The first-order valence-electron chi connectivity index (χ1n) is 6.52. The van der Waals surface area contributed by atoms with Crippen LogP contribution in [-0.2, 0) is 4.79 Å². The van der Waals surface area contributed by atoms with E-state index < -0.39 is 0 Å². The molecule has 1 amide bonds. The molecule has 0 spiro atoms. The molecule has 0 bridgehead atoms. The van der Waals surface area contributed by atoms with E-state index in [1.54, 1.807) is 4.90 Å². The lowest BCUT2D eigenvalue weighted by atomic mass is 10.1. The van der Waals surface area contributed by atoms with Gasteiger partial charge in [-0.1, -0.05) is 18.2 Å². The summed E-state index contributed by atoms with van der Waals surface area (Å²) in [5.74, 6) is -0.175. The summed E-state index contributed by atoms with van der Waals surface area (Å²) in [6, 6.07) is 11.5. The van der Waals surface area contributed by atoms with Gasteiger partial charge in [0.05, 0.1) is 0 Å². The Morgan fingerprint density at radius 1 is 1.21 bits per heavy atom. The van der Waals surface area contributed by atoms with Crippen molar-refractivity contribution in [3.05, 3.63) is 42.1 Å². The Balaban J connectivity index is 2.03. The Bertz CT molecular complexity index is 496. The van der Waals surface area contributed by atoms with Crippen LogP contribution in [0.5, 0.6) is 0 Å². The SMILES string of the molecule is N#C/C(=C/Nc1ccccc1)C(=O)N1CCCCC1. The van der Waals surface area contributed by atoms with Gasteiger partial charge < -0.3 is 10.2 Å². The van der Waals surface area contributed by atoms with E-state index in [-0.39, 0.29) is 11.5 Å². The van der Waals surface area contributed by atoms with Crippen molar-refractivity contribution in [1.29, 1.82) is 5.26 Å². The second kappa shape index (κ2) is 6.60. The highest BCUT2D eigenvalue weighted by Crippen LogP contribution is 2.12. The summed E-state index contributed by atoms with van der Waals surface area (Å²) in [5, 5.41) is 12.1. The molecule has 98 valence electrons. The Morgan fingerprint density at radius 3 is 2.53 bits per heavy atom. The van der Waals surface area contributed by atoms with Crippen molar-refractivity contribution in [3.63, 3.8) is 0 Å². The predicted octanol–water partition coefficient (Wildman–Crippen LogP) is 2.52. The zero-order valence-corrected chi connectivity index (χ0v) is 10.8. The van der Waals surface area contributed by atoms with E-state index in [1.165, 1.54) is 6.20 Å². The smallest absolute Gasteiger partial charge is 0.266 e. The maximum absolute atomic E-state index is 12.1. The minimum absolute atomic E-state index is 0.158. The number of hydrogen-bond acceptors (Lipinski definition) is 3. The summed E-state index contributed by atoms with van der Waals surface area (Å²) in [4.78, 5) is 13.9. The quantitative estimate of drug-likeness (QED) is 0.667. The van der Waals surface area contributed by atoms with Crippen LogP contribution in [-0.4, -0.2) is 23.9 Å². The van der Waals surface area contributed by atoms with Gasteiger partial charge in [0.1, 0.15) is 11.6 Å². The number of amides is 1. The molecule has 0 atom stereocenters. The fraction of sp³-hybridized carbons (Fsp3) is 0.333. The largest absolute Gasteiger partial charge is 0.360 e. The van der Waals surface area contributed by atoms with Crippen molar-refractivity contribution >= 4 is 11.6 Å². The van der Waals surface area contributed by atoms with Gasteiger partial charge in [0.15, 0.2) is 0 Å². The minimum Gasteiger partial charge on any atom is -0.360 e. The number of piperidine rings is 1. The molecule has 1 fully saturated rings. The van der Waals surface area contributed by atoms with Gasteiger partial charge in [0, 0.05) is 25.0 Å². The normalized spacial score (nSPS) is 15.7. The fourth-order valence-electron chi connectivity index (χ4n) is 2.10. The summed E-state index contributed by atoms with van der Waals surface area (Å²) in [6.07, 6.45) is 4.71. The highest BCUT2D eigenvalue weighted by Gasteiger charge is 2.19. The zero-order valence-electron chi connectivity index (χ0n) is 10.8. The van der Waals surface area contributed by atoms with Crippen LogP contribution in [0.4, 0.5) is 5.69 Å². The number of anilines is 1. The molecule has 0 saturated carbocycles. The van der Waals surface area contributed by atoms with Gasteiger partial charge in [-0.25, -0.2) is 0 Å². The third-order valence-electron chi connectivity index (χ3n) is 3.15. The van der Waals surface area contributed by atoms with Crippen molar-refractivity contribution in [2.24, 2.45) is 0 Å². The molecule has 1 N–H and O–H groups in total. The highest BCUT2D eigenvalue weighted by atomic mass is 16.2. The molecular formula is C15H17N3O. The van der Waals surface area contributed by atoms with E-state index >= 15 is 0 Å². The summed E-state index contributed by atoms with van der Waals surface area (Å²) in [5.41, 5.74) is 1.02. The van der Waals surface area contributed by atoms with Gasteiger partial charge in [0.25, 0.3) is 5.91 Å². The van der Waals surface area contributed by atoms with Gasteiger partial charge in [-0.05, 0) is 31.4 Å². The highest BCUT2D eigenvalue weighted by molar-refractivity contribution is 5.97. The number of carbonyl (C=O) groups is 1. The molecule has 2 rings (SSSR count). The molecule has 19 heavy (non-hydrogen) atoms. The second-order valence-electron chi connectivity index (χ2n) is 4.53. The van der Waals surface area contributed by atoms with E-state index in [0.29, 0.717) is 0 Å². The van der Waals surface area contributed by atoms with Gasteiger partial charge in [-0.3, -0.25) is 4.79 Å². The van der Waals surface area contributed by atoms with Crippen LogP contribution >= 0.6 is 0 Å². The number of hydrogen-bond donors (Lipinski definition) is 1. The van der Waals surface area contributed by atoms with E-state index in [2.05, 4.69) is 5.32 Å². The first kappa shape index (κ1) is 13.2. The number of carbonyl (C=O) groups excluding carboxylic acids is 1. The Labute approximate surface area is 113 Å². The molecule has 1 aliphatic rings. The molecule has 4 nitrogen and oxygen atoms in total. The standard InChI is InChI=1S/C15H17N3O/c16-11-13(12-17-14-7-3-1-4-8-14)15(19)18-9-5-2-6-10-18/h1,3-4,7-8,12,17H,2,5-6,9-10H2/b13-12-. The third kappa shape index (κ3) is 3.59.